The predicted molar refractivity (Wildman–Crippen MR) is 75.5 cm³/mol. The third kappa shape index (κ3) is 4.06. The van der Waals surface area contributed by atoms with E-state index in [0.29, 0.717) is 0 Å². The summed E-state index contributed by atoms with van der Waals surface area (Å²) in [6.07, 6.45) is 0. The average molecular weight is 358 g/mol. The first-order valence-corrected chi connectivity index (χ1v) is 6.11. The van der Waals surface area contributed by atoms with Crippen LogP contribution in [0.1, 0.15) is 32.4 Å². The van der Waals surface area contributed by atoms with Crippen LogP contribution in [-0.4, -0.2) is 0 Å². The topological polar surface area (TPSA) is 26.0 Å². The van der Waals surface area contributed by atoms with Gasteiger partial charge in [-0.3, -0.25) is 0 Å². The van der Waals surface area contributed by atoms with Crippen molar-refractivity contribution in [1.82, 2.24) is 0 Å². The van der Waals surface area contributed by atoms with E-state index in [9.17, 15) is 0 Å². The van der Waals surface area contributed by atoms with Crippen LogP contribution in [0.3, 0.4) is 0 Å². The molecule has 1 aromatic rings. The molecular weight excluding hydrogens is 341 g/mol. The van der Waals surface area contributed by atoms with E-state index in [4.69, 9.17) is 5.73 Å². The molecule has 0 heterocycles. The fourth-order valence-corrected chi connectivity index (χ4v) is 2.09. The molecule has 2 N–H and O–H groups in total. The number of rotatable bonds is 1. The monoisotopic (exact) mass is 355 g/mol. The number of benzene rings is 1. The highest BCUT2D eigenvalue weighted by atomic mass is 79.9. The van der Waals surface area contributed by atoms with Gasteiger partial charge >= 0.3 is 0 Å². The molecule has 0 radical (unpaired) electrons. The molecule has 1 nitrogen and oxygen atoms in total. The smallest absolute Gasteiger partial charge is 0.0355 e. The fourth-order valence-electron chi connectivity index (χ4n) is 1.22. The van der Waals surface area contributed by atoms with Crippen molar-refractivity contribution in [3.05, 3.63) is 32.7 Å². The molecule has 0 aliphatic rings. The molecule has 15 heavy (non-hydrogen) atoms. The summed E-state index contributed by atoms with van der Waals surface area (Å²) >= 11 is 6.98. The summed E-state index contributed by atoms with van der Waals surface area (Å²) < 4.78 is 2.14. The van der Waals surface area contributed by atoms with Crippen LogP contribution in [0.2, 0.25) is 0 Å². The van der Waals surface area contributed by atoms with Crippen LogP contribution < -0.4 is 5.73 Å². The molecule has 0 fully saturated rings. The van der Waals surface area contributed by atoms with Gasteiger partial charge in [0.2, 0.25) is 0 Å². The van der Waals surface area contributed by atoms with E-state index in [1.807, 2.05) is 12.1 Å². The number of hydrogen-bond acceptors (Lipinski definition) is 1. The second-order valence-electron chi connectivity index (χ2n) is 4.51. The van der Waals surface area contributed by atoms with Crippen LogP contribution in [0.15, 0.2) is 27.1 Å². The van der Waals surface area contributed by atoms with E-state index in [0.717, 1.165) is 14.5 Å². The van der Waals surface area contributed by atoms with Crippen LogP contribution in [0.5, 0.6) is 0 Å². The maximum Gasteiger partial charge on any atom is 0.0355 e. The van der Waals surface area contributed by atoms with Gasteiger partial charge in [0.1, 0.15) is 0 Å². The number of halogens is 3. The molecule has 4 heteroatoms. The molecule has 0 saturated carbocycles. The van der Waals surface area contributed by atoms with Crippen molar-refractivity contribution in [3.8, 4) is 0 Å². The van der Waals surface area contributed by atoms with Gasteiger partial charge in [0.15, 0.2) is 0 Å². The summed E-state index contributed by atoms with van der Waals surface area (Å²) in [6, 6.07) is 6.13. The molecule has 0 aromatic heterocycles. The zero-order valence-corrected chi connectivity index (χ0v) is 13.0. The van der Waals surface area contributed by atoms with Gasteiger partial charge in [-0.1, -0.05) is 52.6 Å². The zero-order valence-electron chi connectivity index (χ0n) is 9.05. The molecule has 0 aliphatic carbocycles. The van der Waals surface area contributed by atoms with Crippen LogP contribution in [0.4, 0.5) is 0 Å². The molecular formula is C11H16Br2ClN. The van der Waals surface area contributed by atoms with Crippen molar-refractivity contribution in [2.75, 3.05) is 0 Å². The molecule has 1 atom stereocenters. The summed E-state index contributed by atoms with van der Waals surface area (Å²) in [5, 5.41) is 0. The lowest BCUT2D eigenvalue weighted by Gasteiger charge is -2.28. The van der Waals surface area contributed by atoms with Gasteiger partial charge in [0, 0.05) is 15.0 Å². The SMILES string of the molecule is CC(C)(C)[C@H](N)c1cc(Br)ccc1Br.Cl. The maximum atomic E-state index is 6.19. The third-order valence-electron chi connectivity index (χ3n) is 2.23. The van der Waals surface area contributed by atoms with E-state index in [1.54, 1.807) is 0 Å². The molecule has 0 spiro atoms. The second-order valence-corrected chi connectivity index (χ2v) is 6.28. The quantitative estimate of drug-likeness (QED) is 0.776. The minimum Gasteiger partial charge on any atom is -0.323 e. The van der Waals surface area contributed by atoms with Crippen molar-refractivity contribution in [2.24, 2.45) is 11.1 Å². The van der Waals surface area contributed by atoms with Crippen molar-refractivity contribution < 1.29 is 0 Å². The van der Waals surface area contributed by atoms with Crippen LogP contribution in [0, 0.1) is 5.41 Å². The number of hydrogen-bond donors (Lipinski definition) is 1. The highest BCUT2D eigenvalue weighted by Gasteiger charge is 2.23. The van der Waals surface area contributed by atoms with Crippen molar-refractivity contribution >= 4 is 44.3 Å². The maximum absolute atomic E-state index is 6.19. The van der Waals surface area contributed by atoms with E-state index in [2.05, 4.69) is 58.7 Å². The summed E-state index contributed by atoms with van der Waals surface area (Å²) in [5.74, 6) is 0. The second kappa shape index (κ2) is 5.67. The van der Waals surface area contributed by atoms with Crippen molar-refractivity contribution in [1.29, 1.82) is 0 Å². The Morgan fingerprint density at radius 1 is 1.20 bits per heavy atom. The van der Waals surface area contributed by atoms with Gasteiger partial charge < -0.3 is 5.73 Å². The largest absolute Gasteiger partial charge is 0.323 e. The van der Waals surface area contributed by atoms with Crippen LogP contribution in [0.25, 0.3) is 0 Å². The van der Waals surface area contributed by atoms with E-state index in [1.165, 1.54) is 0 Å². The van der Waals surface area contributed by atoms with Gasteiger partial charge in [0.25, 0.3) is 0 Å². The Bertz CT molecular complexity index is 334. The molecule has 86 valence electrons. The van der Waals surface area contributed by atoms with Crippen LogP contribution in [-0.2, 0) is 0 Å². The molecule has 0 bridgehead atoms. The Hall–Kier alpha value is 0.430. The fraction of sp³-hybridized carbons (Fsp3) is 0.455. The minimum atomic E-state index is 0. The lowest BCUT2D eigenvalue weighted by Crippen LogP contribution is -2.26. The molecule has 0 saturated heterocycles. The van der Waals surface area contributed by atoms with Gasteiger partial charge in [-0.2, -0.15) is 0 Å². The van der Waals surface area contributed by atoms with Gasteiger partial charge in [-0.15, -0.1) is 12.4 Å². The lowest BCUT2D eigenvalue weighted by atomic mass is 9.83. The number of nitrogens with two attached hydrogens (primary N) is 1. The van der Waals surface area contributed by atoms with E-state index >= 15 is 0 Å². The first-order chi connectivity index (χ1) is 6.32. The summed E-state index contributed by atoms with van der Waals surface area (Å²) in [5.41, 5.74) is 7.41. The Labute approximate surface area is 114 Å². The third-order valence-corrected chi connectivity index (χ3v) is 3.44. The average Bonchev–Trinajstić information content (AvgIpc) is 2.06. The summed E-state index contributed by atoms with van der Waals surface area (Å²) in [4.78, 5) is 0. The highest BCUT2D eigenvalue weighted by molar-refractivity contribution is 9.11. The zero-order chi connectivity index (χ0) is 10.9. The highest BCUT2D eigenvalue weighted by Crippen LogP contribution is 2.35. The van der Waals surface area contributed by atoms with Gasteiger partial charge in [0.05, 0.1) is 0 Å². The normalized spacial score (nSPS) is 13.2. The van der Waals surface area contributed by atoms with E-state index in [-0.39, 0.29) is 23.9 Å². The molecule has 0 amide bonds. The first kappa shape index (κ1) is 15.4. The standard InChI is InChI=1S/C11H15Br2N.ClH/c1-11(2,3)10(14)8-6-7(12)4-5-9(8)13;/h4-6,10H,14H2,1-3H3;1H/t10-;/m1./s1. The Morgan fingerprint density at radius 2 is 1.73 bits per heavy atom. The van der Waals surface area contributed by atoms with Gasteiger partial charge in [-0.25, -0.2) is 0 Å². The van der Waals surface area contributed by atoms with Crippen molar-refractivity contribution in [2.45, 2.75) is 26.8 Å². The summed E-state index contributed by atoms with van der Waals surface area (Å²) in [6.45, 7) is 6.43. The predicted octanol–water partition coefficient (Wildman–Crippen LogP) is 4.68. The van der Waals surface area contributed by atoms with Gasteiger partial charge in [-0.05, 0) is 29.2 Å². The lowest BCUT2D eigenvalue weighted by molar-refractivity contribution is 0.326. The Morgan fingerprint density at radius 3 is 2.20 bits per heavy atom. The molecule has 0 aliphatic heterocycles. The Kier molecular flexibility index (Phi) is 5.83. The van der Waals surface area contributed by atoms with Crippen LogP contribution >= 0.6 is 44.3 Å². The molecule has 1 rings (SSSR count). The first-order valence-electron chi connectivity index (χ1n) is 4.53. The molecule has 0 unspecified atom stereocenters. The van der Waals surface area contributed by atoms with E-state index < -0.39 is 0 Å². The van der Waals surface area contributed by atoms with Crippen molar-refractivity contribution in [3.63, 3.8) is 0 Å². The summed E-state index contributed by atoms with van der Waals surface area (Å²) in [7, 11) is 0. The molecule has 1 aromatic carbocycles. The minimum absolute atomic E-state index is 0. The Balaban J connectivity index is 0.00000196.